The zero-order chi connectivity index (χ0) is 10.3. The van der Waals surface area contributed by atoms with Crippen LogP contribution < -0.4 is 5.32 Å². The normalized spacial score (nSPS) is 10.9. The summed E-state index contributed by atoms with van der Waals surface area (Å²) in [6, 6.07) is 0. The van der Waals surface area contributed by atoms with E-state index in [1.54, 1.807) is 0 Å². The van der Waals surface area contributed by atoms with E-state index in [1.165, 1.54) is 0 Å². The Balaban J connectivity index is 3.32. The van der Waals surface area contributed by atoms with Crippen LogP contribution in [0.3, 0.4) is 0 Å². The first-order chi connectivity index (χ1) is 5.95. The Labute approximate surface area is 75.8 Å². The van der Waals surface area contributed by atoms with Crippen LogP contribution in [0.4, 0.5) is 0 Å². The number of hydrogen-bond acceptors (Lipinski definition) is 3. The molecular weight excluding hydrogens is 197 g/mol. The lowest BCUT2D eigenvalue weighted by molar-refractivity contribution is -0.116. The molecule has 0 radical (unpaired) electrons. The fraction of sp³-hybridized carbons (Fsp3) is 0.500. The average Bonchev–Trinajstić information content (AvgIpc) is 2.01. The van der Waals surface area contributed by atoms with Crippen molar-refractivity contribution in [1.29, 1.82) is 0 Å². The van der Waals surface area contributed by atoms with E-state index >= 15 is 0 Å². The Morgan fingerprint density at radius 1 is 1.62 bits per heavy atom. The van der Waals surface area contributed by atoms with Gasteiger partial charge < -0.3 is 15.1 Å². The van der Waals surface area contributed by atoms with Crippen LogP contribution in [-0.4, -0.2) is 28.8 Å². The summed E-state index contributed by atoms with van der Waals surface area (Å²) in [7, 11) is -4.37. The van der Waals surface area contributed by atoms with E-state index in [4.69, 9.17) is 9.79 Å². The fourth-order valence-electron chi connectivity index (χ4n) is 0.539. The molecule has 0 atom stereocenters. The topological polar surface area (TPSA) is 95.9 Å². The number of nitrogens with one attached hydrogen (secondary N) is 1. The molecule has 0 aliphatic carbocycles. The second-order valence-corrected chi connectivity index (χ2v) is 3.41. The van der Waals surface area contributed by atoms with Gasteiger partial charge in [0.1, 0.15) is 0 Å². The van der Waals surface area contributed by atoms with Gasteiger partial charge in [-0.3, -0.25) is 9.32 Å². The summed E-state index contributed by atoms with van der Waals surface area (Å²) in [4.78, 5) is 27.1. The molecule has 13 heavy (non-hydrogen) atoms. The van der Waals surface area contributed by atoms with Crippen molar-refractivity contribution < 1.29 is 23.7 Å². The Morgan fingerprint density at radius 2 is 2.23 bits per heavy atom. The van der Waals surface area contributed by atoms with Gasteiger partial charge in [-0.2, -0.15) is 0 Å². The molecule has 76 valence electrons. The van der Waals surface area contributed by atoms with E-state index in [-0.39, 0.29) is 12.5 Å². The third-order valence-corrected chi connectivity index (χ3v) is 1.58. The molecular formula is C6H12NO5P. The number of hydrogen-bond donors (Lipinski definition) is 3. The van der Waals surface area contributed by atoms with Gasteiger partial charge in [-0.25, -0.2) is 4.57 Å². The smallest absolute Gasteiger partial charge is 0.352 e. The number of rotatable bonds is 6. The van der Waals surface area contributed by atoms with Crippen molar-refractivity contribution in [2.45, 2.75) is 6.42 Å². The second kappa shape index (κ2) is 5.88. The zero-order valence-corrected chi connectivity index (χ0v) is 7.87. The summed E-state index contributed by atoms with van der Waals surface area (Å²) in [5, 5.41) is 2.43. The van der Waals surface area contributed by atoms with Gasteiger partial charge in [0.05, 0.1) is 6.61 Å². The summed E-state index contributed by atoms with van der Waals surface area (Å²) in [5.74, 6) is -0.323. The summed E-state index contributed by atoms with van der Waals surface area (Å²) >= 11 is 0. The molecule has 6 nitrogen and oxygen atoms in total. The molecule has 0 unspecified atom stereocenters. The van der Waals surface area contributed by atoms with Gasteiger partial charge in [0.2, 0.25) is 5.91 Å². The van der Waals surface area contributed by atoms with E-state index in [0.29, 0.717) is 13.0 Å². The van der Waals surface area contributed by atoms with Crippen molar-refractivity contribution in [1.82, 2.24) is 5.32 Å². The standard InChI is InChI=1S/C6H12NO5P/c1-2-6(8)7-4-3-5-12-13(9,10)11/h2H,1,3-5H2,(H,7,8)(H2,9,10,11). The SMILES string of the molecule is C=CC(=O)NCCCOP(=O)(O)O. The Morgan fingerprint density at radius 3 is 2.69 bits per heavy atom. The van der Waals surface area contributed by atoms with Gasteiger partial charge >= 0.3 is 7.82 Å². The van der Waals surface area contributed by atoms with Gasteiger partial charge in [0, 0.05) is 6.54 Å². The predicted molar refractivity (Wildman–Crippen MR) is 45.8 cm³/mol. The van der Waals surface area contributed by atoms with Crippen LogP contribution in [0.25, 0.3) is 0 Å². The summed E-state index contributed by atoms with van der Waals surface area (Å²) in [6.45, 7) is 3.43. The first kappa shape index (κ1) is 12.3. The van der Waals surface area contributed by atoms with Gasteiger partial charge in [0.15, 0.2) is 0 Å². The van der Waals surface area contributed by atoms with Crippen molar-refractivity contribution in [2.24, 2.45) is 0 Å². The number of amides is 1. The van der Waals surface area contributed by atoms with Gasteiger partial charge in [0.25, 0.3) is 0 Å². The van der Waals surface area contributed by atoms with E-state index in [2.05, 4.69) is 16.4 Å². The second-order valence-electron chi connectivity index (χ2n) is 2.17. The zero-order valence-electron chi connectivity index (χ0n) is 6.97. The van der Waals surface area contributed by atoms with E-state index in [1.807, 2.05) is 0 Å². The maximum Gasteiger partial charge on any atom is 0.469 e. The van der Waals surface area contributed by atoms with E-state index in [9.17, 15) is 9.36 Å². The monoisotopic (exact) mass is 209 g/mol. The molecule has 0 heterocycles. The Hall–Kier alpha value is -0.680. The highest BCUT2D eigenvalue weighted by molar-refractivity contribution is 7.46. The first-order valence-corrected chi connectivity index (χ1v) is 5.09. The molecule has 0 aromatic rings. The highest BCUT2D eigenvalue weighted by Gasteiger charge is 2.12. The lowest BCUT2D eigenvalue weighted by atomic mass is 10.4. The summed E-state index contributed by atoms with van der Waals surface area (Å²) < 4.78 is 14.3. The molecule has 0 bridgehead atoms. The molecule has 0 aromatic heterocycles. The number of phosphoric ester groups is 1. The molecule has 3 N–H and O–H groups in total. The van der Waals surface area contributed by atoms with Crippen LogP contribution in [0.1, 0.15) is 6.42 Å². The Kier molecular flexibility index (Phi) is 5.57. The van der Waals surface area contributed by atoms with Crippen molar-refractivity contribution >= 4 is 13.7 Å². The lowest BCUT2D eigenvalue weighted by Gasteiger charge is -2.04. The molecule has 1 amide bonds. The maximum absolute atomic E-state index is 10.5. The molecule has 0 saturated carbocycles. The highest BCUT2D eigenvalue weighted by atomic mass is 31.2. The highest BCUT2D eigenvalue weighted by Crippen LogP contribution is 2.35. The third-order valence-electron chi connectivity index (χ3n) is 1.07. The van der Waals surface area contributed by atoms with Gasteiger partial charge in [-0.05, 0) is 12.5 Å². The van der Waals surface area contributed by atoms with Crippen molar-refractivity contribution in [3.05, 3.63) is 12.7 Å². The predicted octanol–water partition coefficient (Wildman–Crippen LogP) is -0.212. The number of phosphoric acid groups is 1. The van der Waals surface area contributed by atoms with Crippen LogP contribution >= 0.6 is 7.82 Å². The van der Waals surface area contributed by atoms with Crippen molar-refractivity contribution in [3.63, 3.8) is 0 Å². The maximum atomic E-state index is 10.5. The summed E-state index contributed by atoms with van der Waals surface area (Å²) in [6.07, 6.45) is 1.45. The van der Waals surface area contributed by atoms with E-state index in [0.717, 1.165) is 6.08 Å². The third kappa shape index (κ3) is 9.23. The molecule has 0 aromatic carbocycles. The van der Waals surface area contributed by atoms with Gasteiger partial charge in [-0.1, -0.05) is 6.58 Å². The molecule has 0 fully saturated rings. The minimum Gasteiger partial charge on any atom is -0.352 e. The van der Waals surface area contributed by atoms with E-state index < -0.39 is 7.82 Å². The van der Waals surface area contributed by atoms with Crippen molar-refractivity contribution in [3.8, 4) is 0 Å². The van der Waals surface area contributed by atoms with Crippen LogP contribution in [0, 0.1) is 0 Å². The fourth-order valence-corrected chi connectivity index (χ4v) is 0.906. The van der Waals surface area contributed by atoms with Crippen LogP contribution in [0.5, 0.6) is 0 Å². The molecule has 0 spiro atoms. The molecule has 0 aliphatic heterocycles. The first-order valence-electron chi connectivity index (χ1n) is 3.56. The lowest BCUT2D eigenvalue weighted by Crippen LogP contribution is -2.22. The number of carbonyl (C=O) groups is 1. The van der Waals surface area contributed by atoms with Crippen molar-refractivity contribution in [2.75, 3.05) is 13.2 Å². The van der Waals surface area contributed by atoms with Crippen LogP contribution in [-0.2, 0) is 13.9 Å². The Bertz CT molecular complexity index is 223. The molecule has 0 rings (SSSR count). The summed E-state index contributed by atoms with van der Waals surface area (Å²) in [5.41, 5.74) is 0. The quantitative estimate of drug-likeness (QED) is 0.319. The van der Waals surface area contributed by atoms with Gasteiger partial charge in [-0.15, -0.1) is 0 Å². The minimum atomic E-state index is -4.37. The number of carbonyl (C=O) groups excluding carboxylic acids is 1. The largest absolute Gasteiger partial charge is 0.469 e. The minimum absolute atomic E-state index is 0.0955. The molecule has 7 heteroatoms. The average molecular weight is 209 g/mol. The van der Waals surface area contributed by atoms with Crippen LogP contribution in [0.15, 0.2) is 12.7 Å². The molecule has 0 aliphatic rings. The molecule has 0 saturated heterocycles. The van der Waals surface area contributed by atoms with Crippen LogP contribution in [0.2, 0.25) is 0 Å².